The number of hydrogen-bond acceptors (Lipinski definition) is 5. The Balaban J connectivity index is 1.49. The molecule has 2 aromatic carbocycles. The molecule has 1 aromatic heterocycles. The third-order valence-electron chi connectivity index (χ3n) is 5.74. The van der Waals surface area contributed by atoms with Crippen LogP contribution < -0.4 is 15.4 Å². The van der Waals surface area contributed by atoms with Crippen molar-refractivity contribution >= 4 is 23.3 Å². The van der Waals surface area contributed by atoms with Gasteiger partial charge in [-0.3, -0.25) is 9.59 Å². The summed E-state index contributed by atoms with van der Waals surface area (Å²) in [7, 11) is 1.62. The zero-order valence-corrected chi connectivity index (χ0v) is 17.8. The maximum absolute atomic E-state index is 13.4. The number of nitrogens with zero attached hydrogens (tertiary/aromatic N) is 1. The largest absolute Gasteiger partial charge is 0.497 e. The number of pyridine rings is 1. The molecule has 1 aliphatic heterocycles. The number of hydrogen-bond donors (Lipinski definition) is 2. The number of carbonyl (C=O) groups excluding carboxylic acids is 2. The molecule has 0 spiro atoms. The van der Waals surface area contributed by atoms with Gasteiger partial charge < -0.3 is 20.1 Å². The molecular formula is C25H25N3O4. The third-order valence-corrected chi connectivity index (χ3v) is 5.74. The number of aromatic nitrogens is 1. The van der Waals surface area contributed by atoms with E-state index in [-0.39, 0.29) is 11.8 Å². The van der Waals surface area contributed by atoms with Crippen molar-refractivity contribution in [2.45, 2.75) is 18.3 Å². The van der Waals surface area contributed by atoms with Crippen LogP contribution in [0.2, 0.25) is 0 Å². The lowest BCUT2D eigenvalue weighted by Crippen LogP contribution is -2.44. The van der Waals surface area contributed by atoms with Gasteiger partial charge in [0.1, 0.15) is 11.6 Å². The number of amides is 2. The fourth-order valence-corrected chi connectivity index (χ4v) is 3.86. The molecular weight excluding hydrogens is 406 g/mol. The van der Waals surface area contributed by atoms with Crippen molar-refractivity contribution in [2.24, 2.45) is 0 Å². The van der Waals surface area contributed by atoms with E-state index in [0.717, 1.165) is 11.3 Å². The summed E-state index contributed by atoms with van der Waals surface area (Å²) in [5, 5.41) is 5.77. The molecule has 1 fully saturated rings. The van der Waals surface area contributed by atoms with E-state index in [2.05, 4.69) is 15.6 Å². The number of rotatable bonds is 6. The average Bonchev–Trinajstić information content (AvgIpc) is 2.85. The molecule has 0 atom stereocenters. The quantitative estimate of drug-likeness (QED) is 0.615. The number of carbonyl (C=O) groups is 2. The van der Waals surface area contributed by atoms with Crippen molar-refractivity contribution < 1.29 is 19.1 Å². The maximum Gasteiger partial charge on any atom is 0.256 e. The van der Waals surface area contributed by atoms with Gasteiger partial charge in [0, 0.05) is 30.7 Å². The molecule has 3 aromatic rings. The normalized spacial score (nSPS) is 14.9. The highest BCUT2D eigenvalue weighted by Crippen LogP contribution is 2.37. The zero-order valence-electron chi connectivity index (χ0n) is 17.8. The van der Waals surface area contributed by atoms with Gasteiger partial charge in [0.25, 0.3) is 5.91 Å². The lowest BCUT2D eigenvalue weighted by molar-refractivity contribution is -0.125. The first-order valence-corrected chi connectivity index (χ1v) is 10.5. The van der Waals surface area contributed by atoms with Crippen LogP contribution in [0.1, 0.15) is 28.8 Å². The smallest absolute Gasteiger partial charge is 0.256 e. The first-order chi connectivity index (χ1) is 15.6. The molecule has 1 saturated heterocycles. The Hall–Kier alpha value is -3.71. The Bertz CT molecular complexity index is 1060. The molecule has 0 radical (unpaired) electrons. The minimum atomic E-state index is -0.681. The SMILES string of the molecule is COc1ccc(C2(C(=O)Nc3ccc(C(=O)Nc4ccccn4)cc3)CCOCC2)cc1. The molecule has 7 heteroatoms. The van der Waals surface area contributed by atoms with E-state index in [1.165, 1.54) is 0 Å². The van der Waals surface area contributed by atoms with Gasteiger partial charge in [-0.25, -0.2) is 4.98 Å². The van der Waals surface area contributed by atoms with E-state index >= 15 is 0 Å². The molecule has 2 N–H and O–H groups in total. The summed E-state index contributed by atoms with van der Waals surface area (Å²) in [6.45, 7) is 1.04. The number of ether oxygens (including phenoxy) is 2. The van der Waals surface area contributed by atoms with Crippen LogP contribution in [-0.4, -0.2) is 37.1 Å². The monoisotopic (exact) mass is 431 g/mol. The Morgan fingerprint density at radius 3 is 2.28 bits per heavy atom. The lowest BCUT2D eigenvalue weighted by atomic mass is 9.73. The molecule has 164 valence electrons. The zero-order chi connectivity index (χ0) is 22.4. The van der Waals surface area contributed by atoms with E-state index in [9.17, 15) is 9.59 Å². The molecule has 1 aliphatic rings. The van der Waals surface area contributed by atoms with E-state index in [0.29, 0.717) is 43.1 Å². The molecule has 2 heterocycles. The topological polar surface area (TPSA) is 89.5 Å². The van der Waals surface area contributed by atoms with Gasteiger partial charge in [-0.05, 0) is 66.9 Å². The van der Waals surface area contributed by atoms with E-state index < -0.39 is 5.41 Å². The maximum atomic E-state index is 13.4. The molecule has 0 unspecified atom stereocenters. The molecule has 0 aliphatic carbocycles. The minimum Gasteiger partial charge on any atom is -0.497 e. The summed E-state index contributed by atoms with van der Waals surface area (Å²) >= 11 is 0. The molecule has 32 heavy (non-hydrogen) atoms. The van der Waals surface area contributed by atoms with Crippen molar-refractivity contribution in [3.63, 3.8) is 0 Å². The van der Waals surface area contributed by atoms with Crippen molar-refractivity contribution in [2.75, 3.05) is 31.0 Å². The van der Waals surface area contributed by atoms with Crippen LogP contribution in [0.25, 0.3) is 0 Å². The average molecular weight is 431 g/mol. The van der Waals surface area contributed by atoms with Crippen LogP contribution in [0.3, 0.4) is 0 Å². The predicted molar refractivity (Wildman–Crippen MR) is 122 cm³/mol. The summed E-state index contributed by atoms with van der Waals surface area (Å²) in [5.74, 6) is 0.879. The van der Waals surface area contributed by atoms with Crippen LogP contribution in [0.4, 0.5) is 11.5 Å². The second-order valence-corrected chi connectivity index (χ2v) is 7.62. The standard InChI is InChI=1S/C25H25N3O4/c1-31-21-11-7-19(8-12-21)25(13-16-32-17-14-25)24(30)27-20-9-5-18(6-10-20)23(29)28-22-4-2-3-15-26-22/h2-12,15H,13-14,16-17H2,1H3,(H,27,30)(H,26,28,29). The number of methoxy groups -OCH3 is 1. The van der Waals surface area contributed by atoms with Crippen molar-refractivity contribution in [1.82, 2.24) is 4.98 Å². The second kappa shape index (κ2) is 9.62. The number of nitrogens with one attached hydrogen (secondary N) is 2. The summed E-state index contributed by atoms with van der Waals surface area (Å²) in [6.07, 6.45) is 2.80. The second-order valence-electron chi connectivity index (χ2n) is 7.62. The lowest BCUT2D eigenvalue weighted by Gasteiger charge is -2.36. The van der Waals surface area contributed by atoms with Crippen LogP contribution >= 0.6 is 0 Å². The summed E-state index contributed by atoms with van der Waals surface area (Å²) < 4.78 is 10.8. The first kappa shape index (κ1) is 21.5. The van der Waals surface area contributed by atoms with Crippen molar-refractivity contribution in [3.05, 3.63) is 84.1 Å². The Morgan fingerprint density at radius 2 is 1.66 bits per heavy atom. The Morgan fingerprint density at radius 1 is 0.938 bits per heavy atom. The van der Waals surface area contributed by atoms with Gasteiger partial charge in [-0.15, -0.1) is 0 Å². The van der Waals surface area contributed by atoms with Crippen LogP contribution in [0, 0.1) is 0 Å². The summed E-state index contributed by atoms with van der Waals surface area (Å²) in [5.41, 5.74) is 1.36. The number of benzene rings is 2. The molecule has 2 amide bonds. The van der Waals surface area contributed by atoms with Crippen molar-refractivity contribution in [1.29, 1.82) is 0 Å². The van der Waals surface area contributed by atoms with Gasteiger partial charge in [0.2, 0.25) is 5.91 Å². The summed E-state index contributed by atoms with van der Waals surface area (Å²) in [6, 6.07) is 19.7. The Kier molecular flexibility index (Phi) is 6.47. The van der Waals surface area contributed by atoms with Gasteiger partial charge in [0.15, 0.2) is 0 Å². The first-order valence-electron chi connectivity index (χ1n) is 10.5. The van der Waals surface area contributed by atoms with Gasteiger partial charge in [0.05, 0.1) is 12.5 Å². The van der Waals surface area contributed by atoms with Gasteiger partial charge in [-0.1, -0.05) is 18.2 Å². The van der Waals surface area contributed by atoms with Crippen molar-refractivity contribution in [3.8, 4) is 5.75 Å². The highest BCUT2D eigenvalue weighted by atomic mass is 16.5. The fraction of sp³-hybridized carbons (Fsp3) is 0.240. The Labute approximate surface area is 186 Å². The third kappa shape index (κ3) is 4.63. The number of anilines is 2. The van der Waals surface area contributed by atoms with Gasteiger partial charge in [-0.2, -0.15) is 0 Å². The van der Waals surface area contributed by atoms with Gasteiger partial charge >= 0.3 is 0 Å². The van der Waals surface area contributed by atoms with E-state index in [1.54, 1.807) is 55.8 Å². The van der Waals surface area contributed by atoms with Crippen LogP contribution in [0.5, 0.6) is 5.75 Å². The summed E-state index contributed by atoms with van der Waals surface area (Å²) in [4.78, 5) is 29.9. The minimum absolute atomic E-state index is 0.0864. The molecule has 7 nitrogen and oxygen atoms in total. The molecule has 4 rings (SSSR count). The van der Waals surface area contributed by atoms with Crippen LogP contribution in [-0.2, 0) is 14.9 Å². The highest BCUT2D eigenvalue weighted by molar-refractivity contribution is 6.04. The van der Waals surface area contributed by atoms with E-state index in [1.807, 2.05) is 24.3 Å². The fourth-order valence-electron chi connectivity index (χ4n) is 3.86. The predicted octanol–water partition coefficient (Wildman–Crippen LogP) is 4.03. The van der Waals surface area contributed by atoms with Crippen LogP contribution in [0.15, 0.2) is 72.9 Å². The molecule has 0 bridgehead atoms. The van der Waals surface area contributed by atoms with E-state index in [4.69, 9.17) is 9.47 Å². The highest BCUT2D eigenvalue weighted by Gasteiger charge is 2.41. The molecule has 0 saturated carbocycles.